The molecule has 2 amide bonds. The summed E-state index contributed by atoms with van der Waals surface area (Å²) in [4.78, 5) is 32.5. The van der Waals surface area contributed by atoms with E-state index in [4.69, 9.17) is 15.2 Å². The monoisotopic (exact) mass is 505 g/mol. The van der Waals surface area contributed by atoms with Crippen LogP contribution >= 0.6 is 11.3 Å². The molecule has 0 bridgehead atoms. The van der Waals surface area contributed by atoms with Crippen LogP contribution in [0.5, 0.6) is 5.75 Å². The Hall–Kier alpha value is -3.80. The Labute approximate surface area is 204 Å². The van der Waals surface area contributed by atoms with E-state index in [1.807, 2.05) is 0 Å². The molecule has 2 aromatic heterocycles. The van der Waals surface area contributed by atoms with E-state index in [0.717, 1.165) is 23.5 Å². The van der Waals surface area contributed by atoms with Crippen molar-refractivity contribution in [2.45, 2.75) is 32.8 Å². The first-order valence-corrected chi connectivity index (χ1v) is 11.4. The Morgan fingerprint density at radius 1 is 1.17 bits per heavy atom. The molecule has 9 nitrogen and oxygen atoms in total. The zero-order valence-electron chi connectivity index (χ0n) is 19.4. The Kier molecular flexibility index (Phi) is 8.18. The molecule has 3 aromatic rings. The van der Waals surface area contributed by atoms with E-state index in [0.29, 0.717) is 18.7 Å². The lowest BCUT2D eigenvalue weighted by Crippen LogP contribution is -2.33. The van der Waals surface area contributed by atoms with Gasteiger partial charge < -0.3 is 25.8 Å². The number of alkyl carbamates (subject to hydrolysis) is 1. The van der Waals surface area contributed by atoms with Crippen molar-refractivity contribution in [2.75, 3.05) is 24.2 Å². The van der Waals surface area contributed by atoms with Gasteiger partial charge in [0, 0.05) is 18.8 Å². The topological polar surface area (TPSA) is 128 Å². The van der Waals surface area contributed by atoms with Gasteiger partial charge >= 0.3 is 6.09 Å². The van der Waals surface area contributed by atoms with Gasteiger partial charge in [0.05, 0.1) is 18.4 Å². The molecule has 35 heavy (non-hydrogen) atoms. The average molecular weight is 506 g/mol. The molecule has 3 rings (SSSR count). The highest BCUT2D eigenvalue weighted by atomic mass is 32.1. The van der Waals surface area contributed by atoms with E-state index in [9.17, 15) is 18.4 Å². The summed E-state index contributed by atoms with van der Waals surface area (Å²) in [7, 11) is 0. The van der Waals surface area contributed by atoms with Crippen LogP contribution in [-0.2, 0) is 4.74 Å². The molecule has 0 unspecified atom stereocenters. The maximum absolute atomic E-state index is 14.1. The lowest BCUT2D eigenvalue weighted by Gasteiger charge is -2.19. The number of nitrogens with one attached hydrogen (secondary N) is 2. The third-order valence-electron chi connectivity index (χ3n) is 4.32. The zero-order chi connectivity index (χ0) is 25.6. The highest BCUT2D eigenvalue weighted by Gasteiger charge is 2.22. The molecular weight excluding hydrogens is 480 g/mol. The van der Waals surface area contributed by atoms with Crippen LogP contribution in [-0.4, -0.2) is 40.7 Å². The molecule has 0 fully saturated rings. The van der Waals surface area contributed by atoms with Crippen molar-refractivity contribution in [1.82, 2.24) is 15.3 Å². The summed E-state index contributed by atoms with van der Waals surface area (Å²) in [6.45, 7) is 5.87. The van der Waals surface area contributed by atoms with Crippen molar-refractivity contribution in [2.24, 2.45) is 0 Å². The van der Waals surface area contributed by atoms with Gasteiger partial charge in [-0.15, -0.1) is 0 Å². The van der Waals surface area contributed by atoms with Crippen LogP contribution in [0, 0.1) is 11.6 Å². The Morgan fingerprint density at radius 2 is 1.89 bits per heavy atom. The number of pyridine rings is 1. The molecule has 0 aliphatic heterocycles. The van der Waals surface area contributed by atoms with Gasteiger partial charge in [-0.1, -0.05) is 17.4 Å². The number of nitrogen functional groups attached to an aromatic ring is 1. The first-order valence-electron chi connectivity index (χ1n) is 10.6. The second kappa shape index (κ2) is 11.1. The average Bonchev–Trinajstić information content (AvgIpc) is 3.14. The fourth-order valence-electron chi connectivity index (χ4n) is 2.85. The third-order valence-corrected chi connectivity index (χ3v) is 5.22. The van der Waals surface area contributed by atoms with Crippen molar-refractivity contribution < 1.29 is 27.8 Å². The van der Waals surface area contributed by atoms with Crippen LogP contribution < -0.4 is 21.1 Å². The molecule has 4 N–H and O–H groups in total. The molecule has 0 aliphatic carbocycles. The highest BCUT2D eigenvalue weighted by Crippen LogP contribution is 2.34. The number of anilines is 2. The second-order valence-electron chi connectivity index (χ2n) is 8.29. The molecule has 0 spiro atoms. The zero-order valence-corrected chi connectivity index (χ0v) is 20.2. The molecule has 12 heteroatoms. The molecule has 1 aromatic carbocycles. The van der Waals surface area contributed by atoms with Crippen LogP contribution in [0.3, 0.4) is 0 Å². The van der Waals surface area contributed by atoms with E-state index >= 15 is 0 Å². The SMILES string of the molecule is CC(C)(C)OC(=O)NCCCOc1ccncc1NC(=O)c1nc(-c2c(F)cccc2F)sc1N. The number of hydrogen-bond acceptors (Lipinski definition) is 8. The smallest absolute Gasteiger partial charge is 0.407 e. The van der Waals surface area contributed by atoms with E-state index in [1.165, 1.54) is 18.5 Å². The van der Waals surface area contributed by atoms with Crippen LogP contribution in [0.25, 0.3) is 10.6 Å². The van der Waals surface area contributed by atoms with E-state index < -0.39 is 29.2 Å². The first-order chi connectivity index (χ1) is 16.5. The minimum Gasteiger partial charge on any atom is -0.491 e. The van der Waals surface area contributed by atoms with Gasteiger partial charge in [0.2, 0.25) is 0 Å². The molecule has 186 valence electrons. The maximum Gasteiger partial charge on any atom is 0.407 e. The fraction of sp³-hybridized carbons (Fsp3) is 0.304. The first kappa shape index (κ1) is 25.8. The number of rotatable bonds is 8. The molecule has 0 saturated carbocycles. The van der Waals surface area contributed by atoms with Crippen molar-refractivity contribution in [1.29, 1.82) is 0 Å². The standard InChI is InChI=1S/C23H25F2N5O4S/c1-23(2,3)34-22(32)28-9-5-11-33-16-8-10-27-12-15(16)29-20(31)18-19(26)35-21(30-18)17-13(24)6-4-7-14(17)25/h4,6-8,10,12H,5,9,11,26H2,1-3H3,(H,28,32)(H,29,31). The Balaban J connectivity index is 1.61. The van der Waals surface area contributed by atoms with Gasteiger partial charge in [-0.05, 0) is 39.3 Å². The Morgan fingerprint density at radius 3 is 2.57 bits per heavy atom. The van der Waals surface area contributed by atoms with E-state index in [2.05, 4.69) is 20.6 Å². The van der Waals surface area contributed by atoms with Gasteiger partial charge in [-0.2, -0.15) is 0 Å². The number of nitrogens with zero attached hydrogens (tertiary/aromatic N) is 2. The predicted octanol–water partition coefficient (Wildman–Crippen LogP) is 4.61. The predicted molar refractivity (Wildman–Crippen MR) is 128 cm³/mol. The normalized spacial score (nSPS) is 11.1. The summed E-state index contributed by atoms with van der Waals surface area (Å²) < 4.78 is 39.1. The summed E-state index contributed by atoms with van der Waals surface area (Å²) in [6.07, 6.45) is 2.82. The largest absolute Gasteiger partial charge is 0.491 e. The number of halogens is 2. The van der Waals surface area contributed by atoms with Gasteiger partial charge in [-0.25, -0.2) is 18.6 Å². The number of nitrogens with two attached hydrogens (primary N) is 1. The van der Waals surface area contributed by atoms with Crippen molar-refractivity contribution in [3.63, 3.8) is 0 Å². The van der Waals surface area contributed by atoms with Crippen LogP contribution in [0.15, 0.2) is 36.7 Å². The molecule has 0 atom stereocenters. The molecule has 0 radical (unpaired) electrons. The highest BCUT2D eigenvalue weighted by molar-refractivity contribution is 7.19. The summed E-state index contributed by atoms with van der Waals surface area (Å²) >= 11 is 0.798. The maximum atomic E-state index is 14.1. The third kappa shape index (κ3) is 7.09. The van der Waals surface area contributed by atoms with Gasteiger partial charge in [0.1, 0.15) is 38.7 Å². The summed E-state index contributed by atoms with van der Waals surface area (Å²) in [5.41, 5.74) is 5.04. The number of aromatic nitrogens is 2. The van der Waals surface area contributed by atoms with Crippen LogP contribution in [0.1, 0.15) is 37.7 Å². The number of carbonyl (C=O) groups is 2. The Bertz CT molecular complexity index is 1190. The molecular formula is C23H25F2N5O4S. The van der Waals surface area contributed by atoms with Crippen molar-refractivity contribution in [3.05, 3.63) is 54.0 Å². The summed E-state index contributed by atoms with van der Waals surface area (Å²) in [5, 5.41) is 5.18. The van der Waals surface area contributed by atoms with E-state index in [-0.39, 0.29) is 33.6 Å². The van der Waals surface area contributed by atoms with Crippen LogP contribution in [0.2, 0.25) is 0 Å². The minimum absolute atomic E-state index is 0.000251. The number of hydrogen-bond donors (Lipinski definition) is 3. The number of thiazole rings is 1. The summed E-state index contributed by atoms with van der Waals surface area (Å²) in [5.74, 6) is -1.98. The fourth-order valence-corrected chi connectivity index (χ4v) is 3.72. The molecule has 0 aliphatic rings. The quantitative estimate of drug-likeness (QED) is 0.381. The number of benzene rings is 1. The number of amides is 2. The van der Waals surface area contributed by atoms with Gasteiger partial charge in [0.15, 0.2) is 5.69 Å². The van der Waals surface area contributed by atoms with Crippen LogP contribution in [0.4, 0.5) is 24.3 Å². The number of carbonyl (C=O) groups excluding carboxylic acids is 2. The molecule has 2 heterocycles. The van der Waals surface area contributed by atoms with Crippen molar-refractivity contribution in [3.8, 4) is 16.3 Å². The minimum atomic E-state index is -0.810. The molecule has 0 saturated heterocycles. The van der Waals surface area contributed by atoms with Gasteiger partial charge in [0.25, 0.3) is 5.91 Å². The van der Waals surface area contributed by atoms with Crippen molar-refractivity contribution >= 4 is 34.0 Å². The van der Waals surface area contributed by atoms with Gasteiger partial charge in [-0.3, -0.25) is 9.78 Å². The number of ether oxygens (including phenoxy) is 2. The lowest BCUT2D eigenvalue weighted by atomic mass is 10.2. The second-order valence-corrected chi connectivity index (χ2v) is 9.32. The summed E-state index contributed by atoms with van der Waals surface area (Å²) in [6, 6.07) is 4.98. The lowest BCUT2D eigenvalue weighted by molar-refractivity contribution is 0.0525. The van der Waals surface area contributed by atoms with E-state index in [1.54, 1.807) is 26.8 Å².